The molecule has 1 saturated heterocycles. The predicted octanol–water partition coefficient (Wildman–Crippen LogP) is 4.92. The minimum atomic E-state index is -1.10. The maximum atomic E-state index is 13.1. The van der Waals surface area contributed by atoms with Gasteiger partial charge < -0.3 is 15.0 Å². The number of hydrogen-bond donors (Lipinski definition) is 1. The van der Waals surface area contributed by atoms with Crippen LogP contribution in [-0.4, -0.2) is 34.9 Å². The second-order valence-electron chi connectivity index (χ2n) is 7.69. The fourth-order valence-electron chi connectivity index (χ4n) is 3.72. The number of anilines is 2. The molecule has 0 aliphatic carbocycles. The van der Waals surface area contributed by atoms with E-state index in [1.807, 2.05) is 11.0 Å². The minimum Gasteiger partial charge on any atom is -0.447 e. The Hall–Kier alpha value is -3.16. The van der Waals surface area contributed by atoms with E-state index in [0.717, 1.165) is 0 Å². The predicted molar refractivity (Wildman–Crippen MR) is 127 cm³/mol. The van der Waals surface area contributed by atoms with Crippen LogP contribution < -0.4 is 10.2 Å². The second-order valence-corrected chi connectivity index (χ2v) is 8.56. The summed E-state index contributed by atoms with van der Waals surface area (Å²) in [4.78, 5) is 36.6. The van der Waals surface area contributed by atoms with E-state index in [4.69, 9.17) is 27.9 Å². The number of nitrogens with one attached hydrogen (secondary N) is 1. The van der Waals surface area contributed by atoms with E-state index in [9.17, 15) is 9.59 Å². The number of hydrogen-bond acceptors (Lipinski definition) is 6. The molecule has 1 fully saturated rings. The van der Waals surface area contributed by atoms with Crippen molar-refractivity contribution in [2.75, 3.05) is 23.3 Å². The molecule has 1 aliphatic heterocycles. The van der Waals surface area contributed by atoms with Gasteiger partial charge in [-0.1, -0.05) is 53.5 Å². The van der Waals surface area contributed by atoms with E-state index in [1.165, 1.54) is 0 Å². The first-order valence-electron chi connectivity index (χ1n) is 10.5. The van der Waals surface area contributed by atoms with E-state index in [-0.39, 0.29) is 5.92 Å². The van der Waals surface area contributed by atoms with Crippen molar-refractivity contribution in [1.82, 2.24) is 9.97 Å². The number of carbonyl (C=O) groups excluding carboxylic acids is 2. The first-order chi connectivity index (χ1) is 16.0. The van der Waals surface area contributed by atoms with Crippen molar-refractivity contribution in [3.05, 3.63) is 82.6 Å². The van der Waals surface area contributed by atoms with Gasteiger partial charge in [0, 0.05) is 46.8 Å². The minimum absolute atomic E-state index is 0.315. The van der Waals surface area contributed by atoms with Gasteiger partial charge in [-0.15, -0.1) is 0 Å². The highest BCUT2D eigenvalue weighted by atomic mass is 35.5. The first-order valence-corrected chi connectivity index (χ1v) is 11.3. The van der Waals surface area contributed by atoms with Gasteiger partial charge in [0.25, 0.3) is 5.91 Å². The van der Waals surface area contributed by atoms with Gasteiger partial charge in [-0.2, -0.15) is 0 Å². The van der Waals surface area contributed by atoms with Crippen molar-refractivity contribution in [2.24, 2.45) is 5.92 Å². The van der Waals surface area contributed by atoms with Crippen molar-refractivity contribution in [1.29, 1.82) is 0 Å². The van der Waals surface area contributed by atoms with Crippen LogP contribution in [0, 0.1) is 5.92 Å². The fraction of sp³-hybridized carbons (Fsp3) is 0.250. The number of nitrogens with zero attached hydrogens (tertiary/aromatic N) is 3. The molecular formula is C24H22Cl2N4O3. The number of esters is 1. The van der Waals surface area contributed by atoms with Crippen LogP contribution in [0.4, 0.5) is 11.6 Å². The number of halogens is 2. The molecule has 0 saturated carbocycles. The lowest BCUT2D eigenvalue weighted by molar-refractivity contribution is -0.159. The van der Waals surface area contributed by atoms with E-state index < -0.39 is 18.0 Å². The summed E-state index contributed by atoms with van der Waals surface area (Å²) < 4.78 is 5.74. The second kappa shape index (κ2) is 10.6. The number of amides is 1. The molecule has 9 heteroatoms. The number of carbonyl (C=O) groups is 2. The zero-order chi connectivity index (χ0) is 23.2. The molecule has 3 aromatic rings. The summed E-state index contributed by atoms with van der Waals surface area (Å²) in [7, 11) is 0. The van der Waals surface area contributed by atoms with Crippen molar-refractivity contribution in [3.63, 3.8) is 0 Å². The standard InChI is InChI=1S/C24H22Cl2N4O3/c25-18-13-19(26)15-20(14-18)29-22(31)21(16-5-2-1-3-6-16)33-23(32)17-7-11-30(12-8-17)24-27-9-4-10-28-24/h1-6,9-10,13-15,17,21H,7-8,11-12H2,(H,29,31). The van der Waals surface area contributed by atoms with Crippen LogP contribution in [0.5, 0.6) is 0 Å². The maximum absolute atomic E-state index is 13.1. The van der Waals surface area contributed by atoms with Crippen molar-refractivity contribution in [2.45, 2.75) is 18.9 Å². The molecule has 33 heavy (non-hydrogen) atoms. The Balaban J connectivity index is 1.44. The van der Waals surface area contributed by atoms with Gasteiger partial charge in [-0.05, 0) is 37.1 Å². The molecule has 2 aromatic carbocycles. The number of ether oxygens (including phenoxy) is 1. The molecule has 2 heterocycles. The highest BCUT2D eigenvalue weighted by Crippen LogP contribution is 2.28. The van der Waals surface area contributed by atoms with Gasteiger partial charge >= 0.3 is 5.97 Å². The van der Waals surface area contributed by atoms with Crippen LogP contribution in [0.3, 0.4) is 0 Å². The topological polar surface area (TPSA) is 84.4 Å². The third kappa shape index (κ3) is 6.00. The number of piperidine rings is 1. The van der Waals surface area contributed by atoms with Gasteiger partial charge in [0.1, 0.15) is 0 Å². The number of aromatic nitrogens is 2. The van der Waals surface area contributed by atoms with Crippen LogP contribution in [0.1, 0.15) is 24.5 Å². The smallest absolute Gasteiger partial charge is 0.310 e. The van der Waals surface area contributed by atoms with Gasteiger partial charge in [0.2, 0.25) is 12.1 Å². The molecule has 7 nitrogen and oxygen atoms in total. The highest BCUT2D eigenvalue weighted by molar-refractivity contribution is 6.35. The largest absolute Gasteiger partial charge is 0.447 e. The van der Waals surface area contributed by atoms with Crippen molar-refractivity contribution in [3.8, 4) is 0 Å². The number of rotatable bonds is 6. The molecule has 1 unspecified atom stereocenters. The SMILES string of the molecule is O=C(OC(C(=O)Nc1cc(Cl)cc(Cl)c1)c1ccccc1)C1CCN(c2ncccn2)CC1. The molecule has 1 N–H and O–H groups in total. The van der Waals surface area contributed by atoms with Gasteiger partial charge in [-0.3, -0.25) is 9.59 Å². The van der Waals surface area contributed by atoms with E-state index in [1.54, 1.807) is 60.9 Å². The Labute approximate surface area is 201 Å². The summed E-state index contributed by atoms with van der Waals surface area (Å²) in [6.45, 7) is 1.26. The Kier molecular flexibility index (Phi) is 7.42. The van der Waals surface area contributed by atoms with Crippen molar-refractivity contribution < 1.29 is 14.3 Å². The fourth-order valence-corrected chi connectivity index (χ4v) is 4.24. The summed E-state index contributed by atoms with van der Waals surface area (Å²) in [5, 5.41) is 3.53. The maximum Gasteiger partial charge on any atom is 0.310 e. The average Bonchev–Trinajstić information content (AvgIpc) is 2.83. The third-order valence-electron chi connectivity index (χ3n) is 5.37. The zero-order valence-corrected chi connectivity index (χ0v) is 19.2. The average molecular weight is 485 g/mol. The lowest BCUT2D eigenvalue weighted by Crippen LogP contribution is -2.38. The Bertz CT molecular complexity index is 1090. The monoisotopic (exact) mass is 484 g/mol. The Morgan fingerprint density at radius 1 is 0.970 bits per heavy atom. The molecular weight excluding hydrogens is 463 g/mol. The Morgan fingerprint density at radius 3 is 2.24 bits per heavy atom. The Morgan fingerprint density at radius 2 is 1.61 bits per heavy atom. The van der Waals surface area contributed by atoms with E-state index in [2.05, 4.69) is 15.3 Å². The van der Waals surface area contributed by atoms with Crippen LogP contribution in [0.15, 0.2) is 67.0 Å². The summed E-state index contributed by atoms with van der Waals surface area (Å²) in [6.07, 6.45) is 3.46. The van der Waals surface area contributed by atoms with Gasteiger partial charge in [0.15, 0.2) is 0 Å². The molecule has 1 atom stereocenters. The van der Waals surface area contributed by atoms with Crippen LogP contribution >= 0.6 is 23.2 Å². The molecule has 0 bridgehead atoms. The molecule has 1 aromatic heterocycles. The lowest BCUT2D eigenvalue weighted by atomic mass is 9.97. The highest BCUT2D eigenvalue weighted by Gasteiger charge is 2.32. The quantitative estimate of drug-likeness (QED) is 0.499. The molecule has 170 valence electrons. The first kappa shape index (κ1) is 23.0. The van der Waals surface area contributed by atoms with E-state index >= 15 is 0 Å². The number of benzene rings is 2. The normalized spacial score (nSPS) is 15.0. The van der Waals surface area contributed by atoms with Crippen LogP contribution in [-0.2, 0) is 14.3 Å². The summed E-state index contributed by atoms with van der Waals surface area (Å²) >= 11 is 12.1. The molecule has 0 radical (unpaired) electrons. The molecule has 1 aliphatic rings. The molecule has 0 spiro atoms. The molecule has 1 amide bonds. The van der Waals surface area contributed by atoms with Gasteiger partial charge in [0.05, 0.1) is 5.92 Å². The van der Waals surface area contributed by atoms with Crippen LogP contribution in [0.25, 0.3) is 0 Å². The zero-order valence-electron chi connectivity index (χ0n) is 17.7. The summed E-state index contributed by atoms with van der Waals surface area (Å²) in [6, 6.07) is 15.4. The lowest BCUT2D eigenvalue weighted by Gasteiger charge is -2.31. The van der Waals surface area contributed by atoms with Crippen molar-refractivity contribution >= 4 is 46.7 Å². The molecule has 4 rings (SSSR count). The van der Waals surface area contributed by atoms with Gasteiger partial charge in [-0.25, -0.2) is 9.97 Å². The van der Waals surface area contributed by atoms with Crippen LogP contribution in [0.2, 0.25) is 10.0 Å². The third-order valence-corrected chi connectivity index (χ3v) is 5.80. The summed E-state index contributed by atoms with van der Waals surface area (Å²) in [5.41, 5.74) is 0.997. The van der Waals surface area contributed by atoms with E-state index in [0.29, 0.717) is 53.2 Å². The summed E-state index contributed by atoms with van der Waals surface area (Å²) in [5.74, 6) is -0.560.